The lowest BCUT2D eigenvalue weighted by Gasteiger charge is -2.13. The van der Waals surface area contributed by atoms with Gasteiger partial charge in [-0.25, -0.2) is 13.6 Å². The molecule has 19 heavy (non-hydrogen) atoms. The highest BCUT2D eigenvalue weighted by Crippen LogP contribution is 2.30. The second-order valence-corrected chi connectivity index (χ2v) is 6.44. The maximum Gasteiger partial charge on any atom is 0.241 e. The van der Waals surface area contributed by atoms with Gasteiger partial charge in [0.2, 0.25) is 10.0 Å². The minimum atomic E-state index is -3.81. The van der Waals surface area contributed by atoms with Crippen molar-refractivity contribution < 1.29 is 17.9 Å². The summed E-state index contributed by atoms with van der Waals surface area (Å²) in [5.74, 6) is 0.308. The second kappa shape index (κ2) is 7.23. The molecule has 0 radical (unpaired) electrons. The van der Waals surface area contributed by atoms with E-state index in [9.17, 15) is 8.42 Å². The summed E-state index contributed by atoms with van der Waals surface area (Å²) in [5, 5.41) is 5.19. The summed E-state index contributed by atoms with van der Waals surface area (Å²) in [6.07, 6.45) is 0.688. The van der Waals surface area contributed by atoms with E-state index in [0.717, 1.165) is 5.56 Å². The highest BCUT2D eigenvalue weighted by atomic mass is 79.9. The smallest absolute Gasteiger partial charge is 0.241 e. The van der Waals surface area contributed by atoms with Gasteiger partial charge in [-0.05, 0) is 31.5 Å². The molecular weight excluding hydrogens is 334 g/mol. The Hall–Kier alpha value is -0.630. The third kappa shape index (κ3) is 5.10. The molecule has 2 N–H and O–H groups in total. The van der Waals surface area contributed by atoms with Crippen molar-refractivity contribution in [2.45, 2.75) is 25.2 Å². The molecule has 1 aromatic carbocycles. The fourth-order valence-electron chi connectivity index (χ4n) is 1.58. The Balaban J connectivity index is 2.87. The van der Waals surface area contributed by atoms with Gasteiger partial charge in [-0.15, -0.1) is 0 Å². The Bertz CT molecular complexity index is 531. The molecule has 0 unspecified atom stereocenters. The zero-order chi connectivity index (χ0) is 14.5. The number of benzene rings is 1. The van der Waals surface area contributed by atoms with Crippen molar-refractivity contribution in [1.82, 2.24) is 0 Å². The standard InChI is InChI=1S/C12H18BrNO4S/c1-3-17-5-4-6-18-12-9(2)7-10(13)8-11(12)19(14,15)16/h7-8H,3-6H2,1-2H3,(H2,14,15,16). The molecular formula is C12H18BrNO4S. The van der Waals surface area contributed by atoms with Gasteiger partial charge >= 0.3 is 0 Å². The van der Waals surface area contributed by atoms with Crippen LogP contribution in [0.4, 0.5) is 0 Å². The first-order chi connectivity index (χ1) is 8.86. The minimum absolute atomic E-state index is 0.00390. The Morgan fingerprint density at radius 1 is 1.32 bits per heavy atom. The monoisotopic (exact) mass is 351 g/mol. The molecule has 0 aliphatic rings. The van der Waals surface area contributed by atoms with E-state index in [1.165, 1.54) is 6.07 Å². The van der Waals surface area contributed by atoms with Gasteiger partial charge < -0.3 is 9.47 Å². The summed E-state index contributed by atoms with van der Waals surface area (Å²) in [5.41, 5.74) is 0.717. The molecule has 1 rings (SSSR count). The van der Waals surface area contributed by atoms with E-state index >= 15 is 0 Å². The molecule has 0 spiro atoms. The number of nitrogens with two attached hydrogens (primary N) is 1. The van der Waals surface area contributed by atoms with E-state index in [1.54, 1.807) is 13.0 Å². The van der Waals surface area contributed by atoms with Crippen LogP contribution in [0.15, 0.2) is 21.5 Å². The number of ether oxygens (including phenoxy) is 2. The zero-order valence-corrected chi connectivity index (χ0v) is 13.4. The van der Waals surface area contributed by atoms with Crippen LogP contribution in [0.1, 0.15) is 18.9 Å². The van der Waals surface area contributed by atoms with Gasteiger partial charge in [0.15, 0.2) is 0 Å². The van der Waals surface area contributed by atoms with Crippen LogP contribution in [-0.4, -0.2) is 28.2 Å². The number of rotatable bonds is 7. The molecule has 0 bridgehead atoms. The summed E-state index contributed by atoms with van der Waals surface area (Å²) in [6, 6.07) is 3.23. The topological polar surface area (TPSA) is 78.6 Å². The third-order valence-electron chi connectivity index (χ3n) is 2.40. The highest BCUT2D eigenvalue weighted by molar-refractivity contribution is 9.10. The quantitative estimate of drug-likeness (QED) is 0.763. The molecule has 108 valence electrons. The molecule has 0 fully saturated rings. The summed E-state index contributed by atoms with van der Waals surface area (Å²) in [6.45, 7) is 5.30. The summed E-state index contributed by atoms with van der Waals surface area (Å²) in [4.78, 5) is -0.00390. The van der Waals surface area contributed by atoms with Crippen LogP contribution < -0.4 is 9.88 Å². The number of hydrogen-bond acceptors (Lipinski definition) is 4. The molecule has 0 atom stereocenters. The lowest BCUT2D eigenvalue weighted by Crippen LogP contribution is -2.15. The van der Waals surface area contributed by atoms with Gasteiger partial charge in [0, 0.05) is 24.1 Å². The number of sulfonamides is 1. The molecule has 0 aromatic heterocycles. The van der Waals surface area contributed by atoms with E-state index in [1.807, 2.05) is 6.92 Å². The van der Waals surface area contributed by atoms with Crippen molar-refractivity contribution in [3.8, 4) is 5.75 Å². The molecule has 7 heteroatoms. The molecule has 0 aliphatic heterocycles. The van der Waals surface area contributed by atoms with Crippen molar-refractivity contribution in [2.75, 3.05) is 19.8 Å². The van der Waals surface area contributed by atoms with Crippen molar-refractivity contribution in [1.29, 1.82) is 0 Å². The van der Waals surface area contributed by atoms with E-state index in [4.69, 9.17) is 14.6 Å². The van der Waals surface area contributed by atoms with E-state index in [0.29, 0.717) is 36.5 Å². The van der Waals surface area contributed by atoms with Crippen LogP contribution in [0.25, 0.3) is 0 Å². The van der Waals surface area contributed by atoms with E-state index in [-0.39, 0.29) is 4.90 Å². The van der Waals surface area contributed by atoms with Crippen molar-refractivity contribution >= 4 is 26.0 Å². The molecule has 0 aliphatic carbocycles. The minimum Gasteiger partial charge on any atom is -0.492 e. The molecule has 0 saturated carbocycles. The number of primary sulfonamides is 1. The van der Waals surface area contributed by atoms with Gasteiger partial charge in [0.05, 0.1) is 6.61 Å². The van der Waals surface area contributed by atoms with Crippen molar-refractivity contribution in [3.05, 3.63) is 22.2 Å². The summed E-state index contributed by atoms with van der Waals surface area (Å²) < 4.78 is 34.5. The largest absolute Gasteiger partial charge is 0.492 e. The van der Waals surface area contributed by atoms with E-state index < -0.39 is 10.0 Å². The Morgan fingerprint density at radius 2 is 2.00 bits per heavy atom. The van der Waals surface area contributed by atoms with Crippen LogP contribution in [0.5, 0.6) is 5.75 Å². The normalized spacial score (nSPS) is 11.6. The maximum atomic E-state index is 11.5. The van der Waals surface area contributed by atoms with Crippen LogP contribution in [-0.2, 0) is 14.8 Å². The first-order valence-corrected chi connectivity index (χ1v) is 8.23. The first kappa shape index (κ1) is 16.4. The van der Waals surface area contributed by atoms with Gasteiger partial charge in [0.1, 0.15) is 10.6 Å². The second-order valence-electron chi connectivity index (χ2n) is 3.99. The maximum absolute atomic E-state index is 11.5. The predicted molar refractivity (Wildman–Crippen MR) is 76.9 cm³/mol. The fraction of sp³-hybridized carbons (Fsp3) is 0.500. The van der Waals surface area contributed by atoms with Crippen molar-refractivity contribution in [3.63, 3.8) is 0 Å². The third-order valence-corrected chi connectivity index (χ3v) is 3.77. The SMILES string of the molecule is CCOCCCOc1c(C)cc(Br)cc1S(N)(=O)=O. The number of halogens is 1. The zero-order valence-electron chi connectivity index (χ0n) is 11.0. The molecule has 0 amide bonds. The predicted octanol–water partition coefficient (Wildman–Crippen LogP) is 2.21. The number of aryl methyl sites for hydroxylation is 1. The average Bonchev–Trinajstić information content (AvgIpc) is 2.29. The molecule has 0 saturated heterocycles. The Labute approximate surface area is 122 Å². The fourth-order valence-corrected chi connectivity index (χ4v) is 3.07. The first-order valence-electron chi connectivity index (χ1n) is 5.89. The molecule has 1 aromatic rings. The van der Waals surface area contributed by atoms with Gasteiger partial charge in [-0.3, -0.25) is 0 Å². The van der Waals surface area contributed by atoms with Gasteiger partial charge in [0.25, 0.3) is 0 Å². The number of hydrogen-bond donors (Lipinski definition) is 1. The lowest BCUT2D eigenvalue weighted by atomic mass is 10.2. The molecule has 0 heterocycles. The van der Waals surface area contributed by atoms with E-state index in [2.05, 4.69) is 15.9 Å². The Kier molecular flexibility index (Phi) is 6.25. The van der Waals surface area contributed by atoms with Crippen LogP contribution in [0, 0.1) is 6.92 Å². The highest BCUT2D eigenvalue weighted by Gasteiger charge is 2.18. The molecule has 5 nitrogen and oxygen atoms in total. The summed E-state index contributed by atoms with van der Waals surface area (Å²) in [7, 11) is -3.81. The summed E-state index contributed by atoms with van der Waals surface area (Å²) >= 11 is 3.25. The Morgan fingerprint density at radius 3 is 2.58 bits per heavy atom. The average molecular weight is 352 g/mol. The van der Waals surface area contributed by atoms with Crippen molar-refractivity contribution in [2.24, 2.45) is 5.14 Å². The lowest BCUT2D eigenvalue weighted by molar-refractivity contribution is 0.130. The van der Waals surface area contributed by atoms with Crippen LogP contribution in [0.3, 0.4) is 0 Å². The van der Waals surface area contributed by atoms with Crippen LogP contribution in [0.2, 0.25) is 0 Å². The van der Waals surface area contributed by atoms with Gasteiger partial charge in [-0.2, -0.15) is 0 Å². The van der Waals surface area contributed by atoms with Gasteiger partial charge in [-0.1, -0.05) is 15.9 Å². The van der Waals surface area contributed by atoms with Crippen LogP contribution >= 0.6 is 15.9 Å².